The summed E-state index contributed by atoms with van der Waals surface area (Å²) in [6.45, 7) is 5.77. The molecule has 18 heavy (non-hydrogen) atoms. The summed E-state index contributed by atoms with van der Waals surface area (Å²) in [5.74, 6) is -0.0803. The topological polar surface area (TPSA) is 46.2 Å². The average Bonchev–Trinajstić information content (AvgIpc) is 2.28. The third kappa shape index (κ3) is 5.87. The van der Waals surface area contributed by atoms with Crippen molar-refractivity contribution in [2.24, 2.45) is 0 Å². The van der Waals surface area contributed by atoms with Gasteiger partial charge in [0.15, 0.2) is 0 Å². The number of hydrogen-bond acceptors (Lipinski definition) is 3. The lowest BCUT2D eigenvalue weighted by molar-refractivity contribution is -0.121. The molecule has 1 rings (SSSR count). The van der Waals surface area contributed by atoms with Gasteiger partial charge in [0.25, 0.3) is 0 Å². The lowest BCUT2D eigenvalue weighted by atomic mass is 10.2. The summed E-state index contributed by atoms with van der Waals surface area (Å²) in [4.78, 5) is 23.5. The lowest BCUT2D eigenvalue weighted by Crippen LogP contribution is -2.12. The normalized spacial score (nSPS) is 10.4. The van der Waals surface area contributed by atoms with E-state index in [1.165, 1.54) is 11.8 Å². The van der Waals surface area contributed by atoms with Gasteiger partial charge >= 0.3 is 0 Å². The van der Waals surface area contributed by atoms with Crippen LogP contribution in [0, 0.1) is 0 Å². The van der Waals surface area contributed by atoms with Crippen molar-refractivity contribution in [3.63, 3.8) is 0 Å². The first-order valence-corrected chi connectivity index (χ1v) is 6.91. The molecule has 0 radical (unpaired) electrons. The molecule has 0 aliphatic carbocycles. The highest BCUT2D eigenvalue weighted by Gasteiger charge is 2.04. The van der Waals surface area contributed by atoms with E-state index in [1.54, 1.807) is 11.8 Å². The van der Waals surface area contributed by atoms with Crippen LogP contribution in [0.3, 0.4) is 0 Å². The Morgan fingerprint density at radius 1 is 1.17 bits per heavy atom. The Hall–Kier alpha value is -1.29. The number of thioether (sulfide) groups is 1. The summed E-state index contributed by atoms with van der Waals surface area (Å²) >= 11 is 1.78. The van der Waals surface area contributed by atoms with Crippen molar-refractivity contribution in [3.05, 3.63) is 24.3 Å². The van der Waals surface area contributed by atoms with Crippen LogP contribution in [0.1, 0.15) is 33.6 Å². The second-order valence-corrected chi connectivity index (χ2v) is 6.09. The van der Waals surface area contributed by atoms with Crippen LogP contribution in [0.5, 0.6) is 0 Å². The summed E-state index contributed by atoms with van der Waals surface area (Å²) in [6, 6.07) is 7.75. The number of carbonyl (C=O) groups excluding carboxylic acids is 2. The number of anilines is 1. The van der Waals surface area contributed by atoms with Gasteiger partial charge in [0, 0.05) is 28.7 Å². The molecule has 0 atom stereocenters. The maximum absolute atomic E-state index is 11.5. The van der Waals surface area contributed by atoms with Crippen LogP contribution in [-0.4, -0.2) is 16.9 Å². The molecule has 0 aliphatic rings. The van der Waals surface area contributed by atoms with Crippen molar-refractivity contribution in [3.8, 4) is 0 Å². The minimum Gasteiger partial charge on any atom is -0.326 e. The minimum atomic E-state index is -0.116. The number of hydrogen-bond donors (Lipinski definition) is 1. The molecule has 0 aromatic heterocycles. The molecule has 1 amide bonds. The molecule has 0 spiro atoms. The monoisotopic (exact) mass is 265 g/mol. The van der Waals surface area contributed by atoms with Gasteiger partial charge in [-0.25, -0.2) is 0 Å². The van der Waals surface area contributed by atoms with Gasteiger partial charge in [-0.2, -0.15) is 0 Å². The molecule has 1 N–H and O–H groups in total. The van der Waals surface area contributed by atoms with Gasteiger partial charge in [0.05, 0.1) is 0 Å². The zero-order valence-electron chi connectivity index (χ0n) is 11.0. The predicted octanol–water partition coefficient (Wildman–Crippen LogP) is 3.49. The SMILES string of the molecule is CC(=O)CCC(=O)Nc1ccc(SC(C)C)cc1. The summed E-state index contributed by atoms with van der Waals surface area (Å²) in [5.41, 5.74) is 0.775. The lowest BCUT2D eigenvalue weighted by Gasteiger charge is -2.07. The highest BCUT2D eigenvalue weighted by atomic mass is 32.2. The third-order valence-corrected chi connectivity index (χ3v) is 3.23. The number of benzene rings is 1. The van der Waals surface area contributed by atoms with E-state index in [0.717, 1.165) is 5.69 Å². The fourth-order valence-electron chi connectivity index (χ4n) is 1.40. The van der Waals surface area contributed by atoms with E-state index < -0.39 is 0 Å². The van der Waals surface area contributed by atoms with Crippen molar-refractivity contribution < 1.29 is 9.59 Å². The van der Waals surface area contributed by atoms with Crippen molar-refractivity contribution >= 4 is 29.1 Å². The molecule has 3 nitrogen and oxygen atoms in total. The molecule has 0 saturated heterocycles. The summed E-state index contributed by atoms with van der Waals surface area (Å²) in [6.07, 6.45) is 0.547. The van der Waals surface area contributed by atoms with Crippen LogP contribution in [0.15, 0.2) is 29.2 Å². The Balaban J connectivity index is 2.48. The molecule has 0 unspecified atom stereocenters. The van der Waals surface area contributed by atoms with Crippen molar-refractivity contribution in [2.75, 3.05) is 5.32 Å². The van der Waals surface area contributed by atoms with Crippen LogP contribution < -0.4 is 5.32 Å². The zero-order valence-corrected chi connectivity index (χ0v) is 11.8. The molecule has 0 fully saturated rings. The second kappa shape index (κ2) is 7.21. The molecular weight excluding hydrogens is 246 g/mol. The number of nitrogens with one attached hydrogen (secondary N) is 1. The maximum atomic E-state index is 11.5. The van der Waals surface area contributed by atoms with Gasteiger partial charge in [-0.15, -0.1) is 11.8 Å². The summed E-state index contributed by atoms with van der Waals surface area (Å²) in [5, 5.41) is 3.32. The van der Waals surface area contributed by atoms with Gasteiger partial charge in [-0.05, 0) is 31.2 Å². The Bertz CT molecular complexity index is 412. The van der Waals surface area contributed by atoms with E-state index in [9.17, 15) is 9.59 Å². The maximum Gasteiger partial charge on any atom is 0.224 e. The molecular formula is C14H19NO2S. The largest absolute Gasteiger partial charge is 0.326 e. The van der Waals surface area contributed by atoms with Crippen molar-refractivity contribution in [1.29, 1.82) is 0 Å². The molecule has 0 bridgehead atoms. The number of carbonyl (C=O) groups is 2. The van der Waals surface area contributed by atoms with Gasteiger partial charge in [0.2, 0.25) is 5.91 Å². The van der Waals surface area contributed by atoms with E-state index >= 15 is 0 Å². The predicted molar refractivity (Wildman–Crippen MR) is 76.0 cm³/mol. The Kier molecular flexibility index (Phi) is 5.92. The number of ketones is 1. The summed E-state index contributed by atoms with van der Waals surface area (Å²) in [7, 11) is 0. The van der Waals surface area contributed by atoms with E-state index in [4.69, 9.17) is 0 Å². The molecule has 0 saturated carbocycles. The van der Waals surface area contributed by atoms with Crippen molar-refractivity contribution in [2.45, 2.75) is 43.8 Å². The van der Waals surface area contributed by atoms with Gasteiger partial charge in [-0.1, -0.05) is 13.8 Å². The van der Waals surface area contributed by atoms with Crippen LogP contribution in [0.4, 0.5) is 5.69 Å². The molecule has 1 aromatic carbocycles. The molecule has 0 heterocycles. The van der Waals surface area contributed by atoms with E-state index in [1.807, 2.05) is 24.3 Å². The highest BCUT2D eigenvalue weighted by molar-refractivity contribution is 7.99. The minimum absolute atomic E-state index is 0.0360. The molecule has 98 valence electrons. The van der Waals surface area contributed by atoms with E-state index in [0.29, 0.717) is 11.7 Å². The van der Waals surface area contributed by atoms with E-state index in [2.05, 4.69) is 19.2 Å². The van der Waals surface area contributed by atoms with Crippen molar-refractivity contribution in [1.82, 2.24) is 0 Å². The van der Waals surface area contributed by atoms with Crippen LogP contribution in [0.25, 0.3) is 0 Å². The van der Waals surface area contributed by atoms with Crippen LogP contribution in [-0.2, 0) is 9.59 Å². The summed E-state index contributed by atoms with van der Waals surface area (Å²) < 4.78 is 0. The fourth-order valence-corrected chi connectivity index (χ4v) is 2.24. The Morgan fingerprint density at radius 2 is 1.78 bits per heavy atom. The van der Waals surface area contributed by atoms with Gasteiger partial charge < -0.3 is 10.1 Å². The number of amides is 1. The van der Waals surface area contributed by atoms with Crippen LogP contribution >= 0.6 is 11.8 Å². The highest BCUT2D eigenvalue weighted by Crippen LogP contribution is 2.24. The van der Waals surface area contributed by atoms with Gasteiger partial charge in [0.1, 0.15) is 5.78 Å². The third-order valence-electron chi connectivity index (χ3n) is 2.21. The average molecular weight is 265 g/mol. The quantitative estimate of drug-likeness (QED) is 0.801. The Morgan fingerprint density at radius 3 is 2.28 bits per heavy atom. The molecule has 0 aliphatic heterocycles. The number of Topliss-reactive ketones (excluding diaryl/α,β-unsaturated/α-hetero) is 1. The van der Waals surface area contributed by atoms with Gasteiger partial charge in [-0.3, -0.25) is 4.79 Å². The number of rotatable bonds is 6. The standard InChI is InChI=1S/C14H19NO2S/c1-10(2)18-13-7-5-12(6-8-13)15-14(17)9-4-11(3)16/h5-8,10H,4,9H2,1-3H3,(H,15,17). The Labute approximate surface area is 112 Å². The first-order chi connectivity index (χ1) is 8.47. The molecule has 1 aromatic rings. The smallest absolute Gasteiger partial charge is 0.224 e. The van der Waals surface area contributed by atoms with E-state index in [-0.39, 0.29) is 18.1 Å². The zero-order chi connectivity index (χ0) is 13.5. The second-order valence-electron chi connectivity index (χ2n) is 4.44. The van der Waals surface area contributed by atoms with Crippen LogP contribution in [0.2, 0.25) is 0 Å². The fraction of sp³-hybridized carbons (Fsp3) is 0.429. The molecule has 4 heteroatoms. The first-order valence-electron chi connectivity index (χ1n) is 6.03. The first kappa shape index (κ1) is 14.8.